The number of hydrogen-bond donors (Lipinski definition) is 3. The highest BCUT2D eigenvalue weighted by Gasteiger charge is 2.14. The van der Waals surface area contributed by atoms with E-state index in [2.05, 4.69) is 10.6 Å². The Labute approximate surface area is 140 Å². The first kappa shape index (κ1) is 17.3. The molecular formula is C17H20N2O5. The number of nitrogens with one attached hydrogen (secondary N) is 2. The number of ether oxygens (including phenoxy) is 3. The van der Waals surface area contributed by atoms with Crippen LogP contribution in [-0.4, -0.2) is 32.5 Å². The number of aryl methyl sites for hydroxylation is 1. The molecule has 0 fully saturated rings. The van der Waals surface area contributed by atoms with Crippen molar-refractivity contribution in [1.82, 2.24) is 0 Å². The van der Waals surface area contributed by atoms with E-state index in [0.29, 0.717) is 28.6 Å². The fraction of sp³-hybridized carbons (Fsp3) is 0.235. The van der Waals surface area contributed by atoms with Crippen molar-refractivity contribution in [1.29, 1.82) is 0 Å². The lowest BCUT2D eigenvalue weighted by atomic mass is 10.2. The number of methoxy groups -OCH3 is 3. The molecule has 0 aliphatic carbocycles. The summed E-state index contributed by atoms with van der Waals surface area (Å²) in [6.07, 6.45) is 0. The van der Waals surface area contributed by atoms with E-state index in [-0.39, 0.29) is 5.75 Å². The van der Waals surface area contributed by atoms with Gasteiger partial charge in [-0.15, -0.1) is 0 Å². The van der Waals surface area contributed by atoms with Crippen LogP contribution in [0.4, 0.5) is 16.2 Å². The van der Waals surface area contributed by atoms with Gasteiger partial charge in [0.2, 0.25) is 0 Å². The Morgan fingerprint density at radius 3 is 2.04 bits per heavy atom. The molecule has 0 bridgehead atoms. The van der Waals surface area contributed by atoms with Gasteiger partial charge in [-0.05, 0) is 30.7 Å². The van der Waals surface area contributed by atoms with E-state index in [9.17, 15) is 9.90 Å². The zero-order chi connectivity index (χ0) is 17.7. The van der Waals surface area contributed by atoms with Crippen LogP contribution in [0.3, 0.4) is 0 Å². The van der Waals surface area contributed by atoms with Crippen LogP contribution in [0.15, 0.2) is 30.3 Å². The molecule has 0 unspecified atom stereocenters. The number of hydrogen-bond acceptors (Lipinski definition) is 5. The number of anilines is 2. The van der Waals surface area contributed by atoms with Gasteiger partial charge in [-0.3, -0.25) is 0 Å². The molecule has 7 heteroatoms. The third kappa shape index (κ3) is 3.81. The Morgan fingerprint density at radius 1 is 0.875 bits per heavy atom. The largest absolute Gasteiger partial charge is 0.508 e. The molecule has 7 nitrogen and oxygen atoms in total. The first-order valence-corrected chi connectivity index (χ1v) is 7.16. The summed E-state index contributed by atoms with van der Waals surface area (Å²) in [4.78, 5) is 12.2. The van der Waals surface area contributed by atoms with Gasteiger partial charge in [-0.25, -0.2) is 4.79 Å². The van der Waals surface area contributed by atoms with Crippen molar-refractivity contribution in [3.05, 3.63) is 35.9 Å². The third-order valence-electron chi connectivity index (χ3n) is 3.41. The van der Waals surface area contributed by atoms with Crippen molar-refractivity contribution >= 4 is 17.4 Å². The fourth-order valence-corrected chi connectivity index (χ4v) is 2.19. The van der Waals surface area contributed by atoms with Gasteiger partial charge < -0.3 is 30.0 Å². The second kappa shape index (κ2) is 7.45. The first-order valence-electron chi connectivity index (χ1n) is 7.16. The SMILES string of the molecule is COc1cc(OC)c(OC)cc1NC(=O)Nc1ccc(O)cc1C. The summed E-state index contributed by atoms with van der Waals surface area (Å²) >= 11 is 0. The molecule has 0 heterocycles. The standard InChI is InChI=1S/C17H20N2O5/c1-10-7-11(20)5-6-12(10)18-17(21)19-13-8-15(23-3)16(24-4)9-14(13)22-2/h5-9,20H,1-4H3,(H2,18,19,21). The number of benzene rings is 2. The summed E-state index contributed by atoms with van der Waals surface area (Å²) in [6.45, 7) is 1.78. The lowest BCUT2D eigenvalue weighted by Gasteiger charge is -2.15. The van der Waals surface area contributed by atoms with Crippen LogP contribution in [0.25, 0.3) is 0 Å². The van der Waals surface area contributed by atoms with Gasteiger partial charge in [0.05, 0.1) is 27.0 Å². The highest BCUT2D eigenvalue weighted by atomic mass is 16.5. The molecule has 0 aliphatic rings. The number of carbonyl (C=O) groups is 1. The molecule has 2 amide bonds. The van der Waals surface area contributed by atoms with Crippen LogP contribution in [0.1, 0.15) is 5.56 Å². The van der Waals surface area contributed by atoms with Crippen LogP contribution in [0, 0.1) is 6.92 Å². The number of phenols is 1. The first-order chi connectivity index (χ1) is 11.5. The minimum Gasteiger partial charge on any atom is -0.508 e. The number of carbonyl (C=O) groups excluding carboxylic acids is 1. The highest BCUT2D eigenvalue weighted by molar-refractivity contribution is 6.01. The molecule has 0 saturated carbocycles. The van der Waals surface area contributed by atoms with Crippen LogP contribution < -0.4 is 24.8 Å². The number of rotatable bonds is 5. The minimum atomic E-state index is -0.450. The average molecular weight is 332 g/mol. The van der Waals surface area contributed by atoms with Gasteiger partial charge in [-0.2, -0.15) is 0 Å². The zero-order valence-corrected chi connectivity index (χ0v) is 14.0. The fourth-order valence-electron chi connectivity index (χ4n) is 2.19. The molecule has 0 atom stereocenters. The van der Waals surface area contributed by atoms with E-state index in [0.717, 1.165) is 5.56 Å². The maximum atomic E-state index is 12.2. The molecule has 0 spiro atoms. The summed E-state index contributed by atoms with van der Waals surface area (Å²) < 4.78 is 15.7. The van der Waals surface area contributed by atoms with Crippen molar-refractivity contribution in [2.45, 2.75) is 6.92 Å². The second-order valence-corrected chi connectivity index (χ2v) is 4.99. The predicted octanol–water partition coefficient (Wildman–Crippen LogP) is 3.37. The summed E-state index contributed by atoms with van der Waals surface area (Å²) in [5, 5.41) is 14.8. The van der Waals surface area contributed by atoms with E-state index < -0.39 is 6.03 Å². The Hall–Kier alpha value is -3.09. The normalized spacial score (nSPS) is 10.0. The Morgan fingerprint density at radius 2 is 1.46 bits per heavy atom. The summed E-state index contributed by atoms with van der Waals surface area (Å²) in [5.74, 6) is 1.54. The van der Waals surface area contributed by atoms with Gasteiger partial charge in [0.15, 0.2) is 11.5 Å². The van der Waals surface area contributed by atoms with Gasteiger partial charge in [0.25, 0.3) is 0 Å². The van der Waals surface area contributed by atoms with Crippen molar-refractivity contribution in [3.8, 4) is 23.0 Å². The van der Waals surface area contributed by atoms with Crippen LogP contribution in [-0.2, 0) is 0 Å². The molecule has 0 aromatic heterocycles. The second-order valence-electron chi connectivity index (χ2n) is 4.99. The van der Waals surface area contributed by atoms with Crippen LogP contribution >= 0.6 is 0 Å². The molecule has 0 saturated heterocycles. The zero-order valence-electron chi connectivity index (χ0n) is 14.0. The van der Waals surface area contributed by atoms with Crippen molar-refractivity contribution in [2.75, 3.05) is 32.0 Å². The van der Waals surface area contributed by atoms with E-state index in [1.807, 2.05) is 0 Å². The molecular weight excluding hydrogens is 312 g/mol. The van der Waals surface area contributed by atoms with Gasteiger partial charge >= 0.3 is 6.03 Å². The quantitative estimate of drug-likeness (QED) is 0.731. The Kier molecular flexibility index (Phi) is 5.36. The van der Waals surface area contributed by atoms with Gasteiger partial charge in [0.1, 0.15) is 11.5 Å². The molecule has 3 N–H and O–H groups in total. The molecule has 0 aliphatic heterocycles. The molecule has 24 heavy (non-hydrogen) atoms. The van der Waals surface area contributed by atoms with E-state index >= 15 is 0 Å². The average Bonchev–Trinajstić information content (AvgIpc) is 2.57. The molecule has 2 rings (SSSR count). The van der Waals surface area contributed by atoms with Crippen molar-refractivity contribution in [2.24, 2.45) is 0 Å². The number of aromatic hydroxyl groups is 1. The van der Waals surface area contributed by atoms with Crippen LogP contribution in [0.2, 0.25) is 0 Å². The minimum absolute atomic E-state index is 0.139. The summed E-state index contributed by atoms with van der Waals surface area (Å²) in [5.41, 5.74) is 1.76. The monoisotopic (exact) mass is 332 g/mol. The van der Waals surface area contributed by atoms with Gasteiger partial charge in [-0.1, -0.05) is 0 Å². The summed E-state index contributed by atoms with van der Waals surface area (Å²) in [6, 6.07) is 7.47. The number of amides is 2. The number of phenolic OH excluding ortho intramolecular Hbond substituents is 1. The highest BCUT2D eigenvalue weighted by Crippen LogP contribution is 2.37. The molecule has 2 aromatic rings. The molecule has 2 aromatic carbocycles. The van der Waals surface area contributed by atoms with Crippen molar-refractivity contribution in [3.63, 3.8) is 0 Å². The number of urea groups is 1. The Bertz CT molecular complexity index is 746. The van der Waals surface area contributed by atoms with Crippen molar-refractivity contribution < 1.29 is 24.1 Å². The lowest BCUT2D eigenvalue weighted by molar-refractivity contribution is 0.262. The van der Waals surface area contributed by atoms with Crippen LogP contribution in [0.5, 0.6) is 23.0 Å². The maximum absolute atomic E-state index is 12.2. The van der Waals surface area contributed by atoms with E-state index in [1.165, 1.54) is 27.4 Å². The summed E-state index contributed by atoms with van der Waals surface area (Å²) in [7, 11) is 4.52. The van der Waals surface area contributed by atoms with E-state index in [1.54, 1.807) is 31.2 Å². The van der Waals surface area contributed by atoms with E-state index in [4.69, 9.17) is 14.2 Å². The maximum Gasteiger partial charge on any atom is 0.323 e. The molecule has 0 radical (unpaired) electrons. The Balaban J connectivity index is 2.21. The third-order valence-corrected chi connectivity index (χ3v) is 3.41. The predicted molar refractivity (Wildman–Crippen MR) is 91.6 cm³/mol. The van der Waals surface area contributed by atoms with Gasteiger partial charge in [0, 0.05) is 17.8 Å². The topological polar surface area (TPSA) is 89.0 Å². The molecule has 128 valence electrons. The smallest absolute Gasteiger partial charge is 0.323 e. The lowest BCUT2D eigenvalue weighted by Crippen LogP contribution is -2.20.